The first kappa shape index (κ1) is 15.4. The van der Waals surface area contributed by atoms with Crippen LogP contribution < -0.4 is 5.32 Å². The molecular weight excluding hydrogens is 358 g/mol. The molecular formula is C13H10Cl4N2O2. The number of hydrogen-bond donors (Lipinski definition) is 1. The minimum atomic E-state index is -0.478. The predicted molar refractivity (Wildman–Crippen MR) is 82.9 cm³/mol. The van der Waals surface area contributed by atoms with Crippen molar-refractivity contribution in [1.29, 1.82) is 0 Å². The van der Waals surface area contributed by atoms with Crippen LogP contribution in [0.5, 0.6) is 0 Å². The normalized spacial score (nSPS) is 21.3. The van der Waals surface area contributed by atoms with Crippen molar-refractivity contribution in [3.05, 3.63) is 31.2 Å². The molecule has 1 N–H and O–H groups in total. The first-order valence-corrected chi connectivity index (χ1v) is 7.90. The van der Waals surface area contributed by atoms with Crippen LogP contribution in [0.2, 0.25) is 20.1 Å². The Hall–Kier alpha value is -0.520. The summed E-state index contributed by atoms with van der Waals surface area (Å²) in [5, 5.41) is 3.17. The topological polar surface area (TPSA) is 49.4 Å². The highest BCUT2D eigenvalue weighted by Crippen LogP contribution is 2.44. The van der Waals surface area contributed by atoms with E-state index in [4.69, 9.17) is 46.4 Å². The van der Waals surface area contributed by atoms with Crippen molar-refractivity contribution in [2.24, 2.45) is 0 Å². The van der Waals surface area contributed by atoms with Gasteiger partial charge in [0.05, 0.1) is 31.2 Å². The van der Waals surface area contributed by atoms with Crippen molar-refractivity contribution in [2.75, 3.05) is 13.1 Å². The van der Waals surface area contributed by atoms with Crippen LogP contribution in [0.1, 0.15) is 33.6 Å². The molecule has 0 unspecified atom stereocenters. The lowest BCUT2D eigenvalue weighted by molar-refractivity contribution is 0.0642. The van der Waals surface area contributed by atoms with Crippen molar-refractivity contribution in [1.82, 2.24) is 10.2 Å². The summed E-state index contributed by atoms with van der Waals surface area (Å²) in [6.07, 6.45) is 1.93. The smallest absolute Gasteiger partial charge is 0.263 e. The molecule has 2 heterocycles. The largest absolute Gasteiger partial charge is 0.312 e. The van der Waals surface area contributed by atoms with E-state index in [0.717, 1.165) is 24.3 Å². The molecule has 1 fully saturated rings. The Morgan fingerprint density at radius 3 is 1.90 bits per heavy atom. The molecule has 1 saturated heterocycles. The van der Waals surface area contributed by atoms with Gasteiger partial charge in [0.1, 0.15) is 0 Å². The van der Waals surface area contributed by atoms with E-state index < -0.39 is 11.8 Å². The molecule has 4 nitrogen and oxygen atoms in total. The van der Waals surface area contributed by atoms with E-state index in [0.29, 0.717) is 0 Å². The first-order valence-electron chi connectivity index (χ1n) is 6.39. The first-order chi connectivity index (χ1) is 9.93. The van der Waals surface area contributed by atoms with Crippen molar-refractivity contribution < 1.29 is 9.59 Å². The quantitative estimate of drug-likeness (QED) is 0.493. The number of nitrogens with zero attached hydrogens (tertiary/aromatic N) is 1. The summed E-state index contributed by atoms with van der Waals surface area (Å²) in [5.74, 6) is -0.955. The molecule has 3 rings (SSSR count). The third-order valence-corrected chi connectivity index (χ3v) is 5.55. The highest BCUT2D eigenvalue weighted by molar-refractivity contribution is 6.55. The van der Waals surface area contributed by atoms with Gasteiger partial charge in [-0.1, -0.05) is 46.4 Å². The summed E-state index contributed by atoms with van der Waals surface area (Å²) in [7, 11) is 0. The van der Waals surface area contributed by atoms with Crippen LogP contribution in [0.15, 0.2) is 0 Å². The van der Waals surface area contributed by atoms with Gasteiger partial charge in [-0.3, -0.25) is 14.5 Å². The fraction of sp³-hybridized carbons (Fsp3) is 0.385. The lowest BCUT2D eigenvalue weighted by Gasteiger charge is -2.18. The summed E-state index contributed by atoms with van der Waals surface area (Å²) in [4.78, 5) is 26.1. The zero-order chi connectivity index (χ0) is 15.3. The SMILES string of the molecule is O=C1c2c(Cl)c(Cl)c(Cl)c(Cl)c2C(=O)N1C[C@@H]1CCCN1. The van der Waals surface area contributed by atoms with Crippen LogP contribution in [0.4, 0.5) is 0 Å². The summed E-state index contributed by atoms with van der Waals surface area (Å²) < 4.78 is 0. The Morgan fingerprint density at radius 1 is 0.952 bits per heavy atom. The number of nitrogens with one attached hydrogen (secondary N) is 1. The zero-order valence-electron chi connectivity index (χ0n) is 10.7. The van der Waals surface area contributed by atoms with Crippen LogP contribution in [0, 0.1) is 0 Å². The molecule has 0 saturated carbocycles. The molecule has 0 aliphatic carbocycles. The van der Waals surface area contributed by atoms with Crippen molar-refractivity contribution >= 4 is 58.2 Å². The molecule has 1 atom stereocenters. The minimum Gasteiger partial charge on any atom is -0.312 e. The van der Waals surface area contributed by atoms with E-state index in [1.54, 1.807) is 0 Å². The van der Waals surface area contributed by atoms with E-state index in [-0.39, 0.29) is 43.8 Å². The summed E-state index contributed by atoms with van der Waals surface area (Å²) in [6.45, 7) is 1.17. The van der Waals surface area contributed by atoms with Gasteiger partial charge in [-0.15, -0.1) is 0 Å². The van der Waals surface area contributed by atoms with Gasteiger partial charge in [0.25, 0.3) is 11.8 Å². The van der Waals surface area contributed by atoms with E-state index in [9.17, 15) is 9.59 Å². The van der Waals surface area contributed by atoms with Crippen molar-refractivity contribution in [2.45, 2.75) is 18.9 Å². The van der Waals surface area contributed by atoms with Gasteiger partial charge in [-0.25, -0.2) is 0 Å². The van der Waals surface area contributed by atoms with Crippen LogP contribution in [0.3, 0.4) is 0 Å². The maximum Gasteiger partial charge on any atom is 0.263 e. The number of rotatable bonds is 2. The highest BCUT2D eigenvalue weighted by Gasteiger charge is 2.42. The molecule has 112 valence electrons. The Kier molecular flexibility index (Phi) is 4.10. The number of halogens is 4. The molecule has 1 aromatic carbocycles. The molecule has 0 spiro atoms. The van der Waals surface area contributed by atoms with E-state index >= 15 is 0 Å². The van der Waals surface area contributed by atoms with Gasteiger partial charge >= 0.3 is 0 Å². The molecule has 0 bridgehead atoms. The lowest BCUT2D eigenvalue weighted by Crippen LogP contribution is -2.40. The van der Waals surface area contributed by atoms with Gasteiger partial charge < -0.3 is 5.32 Å². The third kappa shape index (κ3) is 2.34. The Morgan fingerprint density at radius 2 is 1.48 bits per heavy atom. The van der Waals surface area contributed by atoms with Crippen LogP contribution in [-0.2, 0) is 0 Å². The van der Waals surface area contributed by atoms with E-state index in [2.05, 4.69) is 5.32 Å². The van der Waals surface area contributed by atoms with Crippen LogP contribution in [-0.4, -0.2) is 35.8 Å². The second kappa shape index (κ2) is 5.60. The van der Waals surface area contributed by atoms with Crippen molar-refractivity contribution in [3.63, 3.8) is 0 Å². The molecule has 1 aromatic rings. The molecule has 2 amide bonds. The molecule has 0 radical (unpaired) electrons. The van der Waals surface area contributed by atoms with Crippen molar-refractivity contribution in [3.8, 4) is 0 Å². The zero-order valence-corrected chi connectivity index (χ0v) is 13.7. The maximum absolute atomic E-state index is 12.5. The molecule has 21 heavy (non-hydrogen) atoms. The number of hydrogen-bond acceptors (Lipinski definition) is 3. The third-order valence-electron chi connectivity index (χ3n) is 3.75. The number of fused-ring (bicyclic) bond motifs is 1. The average molecular weight is 368 g/mol. The number of amides is 2. The van der Waals surface area contributed by atoms with Gasteiger partial charge in [0.15, 0.2) is 0 Å². The standard InChI is InChI=1S/C13H10Cl4N2O2/c14-8-6-7(9(15)11(17)10(8)16)13(21)19(12(6)20)4-5-2-1-3-18-5/h5,18H,1-4H2/t5-/m0/s1. The summed E-state index contributed by atoms with van der Waals surface area (Å²) >= 11 is 24.0. The lowest BCUT2D eigenvalue weighted by atomic mass is 10.1. The summed E-state index contributed by atoms with van der Waals surface area (Å²) in [5.41, 5.74) is 0.0816. The van der Waals surface area contributed by atoms with E-state index in [1.807, 2.05) is 0 Å². The van der Waals surface area contributed by atoms with Gasteiger partial charge in [0, 0.05) is 12.6 Å². The Bertz CT molecular complexity index is 609. The number of carbonyl (C=O) groups excluding carboxylic acids is 2. The second-order valence-corrected chi connectivity index (χ2v) is 6.53. The van der Waals surface area contributed by atoms with E-state index in [1.165, 1.54) is 0 Å². The number of imide groups is 1. The fourth-order valence-electron chi connectivity index (χ4n) is 2.69. The highest BCUT2D eigenvalue weighted by atomic mass is 35.5. The molecule has 8 heteroatoms. The Labute approximate surface area is 141 Å². The fourth-order valence-corrected chi connectivity index (χ4v) is 3.71. The van der Waals surface area contributed by atoms with Gasteiger partial charge in [-0.2, -0.15) is 0 Å². The second-order valence-electron chi connectivity index (χ2n) is 5.02. The summed E-state index contributed by atoms with van der Waals surface area (Å²) in [6, 6.07) is 0.0932. The number of benzene rings is 1. The number of carbonyl (C=O) groups is 2. The predicted octanol–water partition coefficient (Wildman–Crippen LogP) is 3.65. The molecule has 0 aromatic heterocycles. The monoisotopic (exact) mass is 366 g/mol. The van der Waals surface area contributed by atoms with Crippen LogP contribution >= 0.6 is 46.4 Å². The van der Waals surface area contributed by atoms with Crippen LogP contribution in [0.25, 0.3) is 0 Å². The van der Waals surface area contributed by atoms with Gasteiger partial charge in [-0.05, 0) is 19.4 Å². The minimum absolute atomic E-state index is 0.0101. The molecule has 2 aliphatic heterocycles. The molecule has 2 aliphatic rings. The average Bonchev–Trinajstić information content (AvgIpc) is 3.05. The van der Waals surface area contributed by atoms with Gasteiger partial charge in [0.2, 0.25) is 0 Å². The Balaban J connectivity index is 2.04. The maximum atomic E-state index is 12.5.